The molecule has 2 heterocycles. The zero-order chi connectivity index (χ0) is 22.5. The van der Waals surface area contributed by atoms with Crippen LogP contribution in [0.25, 0.3) is 20.7 Å². The molecule has 0 aliphatic heterocycles. The summed E-state index contributed by atoms with van der Waals surface area (Å²) in [5.41, 5.74) is 2.39. The van der Waals surface area contributed by atoms with Crippen molar-refractivity contribution >= 4 is 27.4 Å². The lowest BCUT2D eigenvalue weighted by Crippen LogP contribution is -1.94. The van der Waals surface area contributed by atoms with Crippen LogP contribution in [0.1, 0.15) is 12.5 Å². The Morgan fingerprint density at radius 1 is 1.03 bits per heavy atom. The monoisotopic (exact) mass is 450 g/mol. The molecule has 164 valence electrons. The summed E-state index contributed by atoms with van der Waals surface area (Å²) in [4.78, 5) is 9.62. The van der Waals surface area contributed by atoms with Gasteiger partial charge in [0, 0.05) is 5.56 Å². The van der Waals surface area contributed by atoms with Gasteiger partial charge >= 0.3 is 0 Å². The standard InChI is InChI=1S/C23H22N4O4S/c1-4-31-17-8-6-5-7-15(17)21-20(30-3)19-22(32-21)23(25-13-24-19)27-26-12-14-9-10-18(29-2)16(28)11-14/h5-11,13,28H,4,12H2,1-3H3. The van der Waals surface area contributed by atoms with E-state index in [2.05, 4.69) is 20.2 Å². The van der Waals surface area contributed by atoms with Crippen LogP contribution in [0.3, 0.4) is 0 Å². The number of hydrogen-bond donors (Lipinski definition) is 1. The quantitative estimate of drug-likeness (QED) is 0.343. The fraction of sp³-hybridized carbons (Fsp3) is 0.217. The minimum Gasteiger partial charge on any atom is -0.504 e. The lowest BCUT2D eigenvalue weighted by atomic mass is 10.1. The van der Waals surface area contributed by atoms with Crippen LogP contribution in [-0.4, -0.2) is 35.9 Å². The minimum absolute atomic E-state index is 0.0604. The van der Waals surface area contributed by atoms with Crippen LogP contribution in [0.2, 0.25) is 0 Å². The Balaban J connectivity index is 1.70. The zero-order valence-electron chi connectivity index (χ0n) is 17.9. The van der Waals surface area contributed by atoms with Crippen molar-refractivity contribution in [3.05, 3.63) is 54.4 Å². The molecule has 2 aromatic carbocycles. The lowest BCUT2D eigenvalue weighted by molar-refractivity contribution is 0.341. The van der Waals surface area contributed by atoms with Crippen LogP contribution in [0.4, 0.5) is 5.82 Å². The number of phenolic OH excluding ortho intramolecular Hbond substituents is 1. The minimum atomic E-state index is 0.0604. The van der Waals surface area contributed by atoms with Crippen LogP contribution in [0.15, 0.2) is 59.0 Å². The highest BCUT2D eigenvalue weighted by Gasteiger charge is 2.21. The largest absolute Gasteiger partial charge is 0.504 e. The van der Waals surface area contributed by atoms with E-state index < -0.39 is 0 Å². The van der Waals surface area contributed by atoms with Gasteiger partial charge in [-0.15, -0.1) is 16.5 Å². The molecule has 0 fully saturated rings. The SMILES string of the molecule is CCOc1ccccc1-c1sc2c(N=NCc3ccc(OC)c(O)c3)ncnc2c1OC. The molecule has 2 aromatic heterocycles. The molecule has 0 saturated carbocycles. The van der Waals surface area contributed by atoms with Gasteiger partial charge in [0.2, 0.25) is 0 Å². The van der Waals surface area contributed by atoms with E-state index in [4.69, 9.17) is 14.2 Å². The maximum atomic E-state index is 9.94. The molecule has 0 unspecified atom stereocenters. The van der Waals surface area contributed by atoms with E-state index >= 15 is 0 Å². The summed E-state index contributed by atoms with van der Waals surface area (Å²) in [5.74, 6) is 2.35. The predicted molar refractivity (Wildman–Crippen MR) is 123 cm³/mol. The Morgan fingerprint density at radius 2 is 1.88 bits per heavy atom. The van der Waals surface area contributed by atoms with Gasteiger partial charge in [0.25, 0.3) is 0 Å². The summed E-state index contributed by atoms with van der Waals surface area (Å²) in [6, 6.07) is 12.9. The molecule has 0 bridgehead atoms. The molecule has 0 radical (unpaired) electrons. The van der Waals surface area contributed by atoms with Crippen molar-refractivity contribution in [1.82, 2.24) is 9.97 Å². The molecule has 0 spiro atoms. The van der Waals surface area contributed by atoms with Crippen LogP contribution >= 0.6 is 11.3 Å². The van der Waals surface area contributed by atoms with Crippen LogP contribution in [-0.2, 0) is 6.54 Å². The van der Waals surface area contributed by atoms with E-state index in [0.29, 0.717) is 29.4 Å². The van der Waals surface area contributed by atoms with Gasteiger partial charge in [-0.3, -0.25) is 0 Å². The molecule has 1 N–H and O–H groups in total. The smallest absolute Gasteiger partial charge is 0.195 e. The summed E-state index contributed by atoms with van der Waals surface area (Å²) in [5, 5.41) is 18.5. The van der Waals surface area contributed by atoms with Gasteiger partial charge in [0.15, 0.2) is 23.1 Å². The predicted octanol–water partition coefficient (Wildman–Crippen LogP) is 5.76. The van der Waals surface area contributed by atoms with Crippen molar-refractivity contribution in [3.63, 3.8) is 0 Å². The normalized spacial score (nSPS) is 11.2. The van der Waals surface area contributed by atoms with Crippen molar-refractivity contribution in [2.45, 2.75) is 13.5 Å². The van der Waals surface area contributed by atoms with Gasteiger partial charge in [0.05, 0.1) is 32.2 Å². The number of aromatic nitrogens is 2. The van der Waals surface area contributed by atoms with E-state index in [1.54, 1.807) is 19.2 Å². The second-order valence-electron chi connectivity index (χ2n) is 6.67. The molecule has 4 aromatic rings. The van der Waals surface area contributed by atoms with E-state index in [9.17, 15) is 5.11 Å². The summed E-state index contributed by atoms with van der Waals surface area (Å²) in [6.45, 7) is 2.79. The van der Waals surface area contributed by atoms with E-state index in [1.807, 2.05) is 37.3 Å². The molecule has 0 amide bonds. The van der Waals surface area contributed by atoms with Crippen molar-refractivity contribution in [2.24, 2.45) is 10.2 Å². The average molecular weight is 451 g/mol. The van der Waals surface area contributed by atoms with Gasteiger partial charge in [-0.2, -0.15) is 5.11 Å². The van der Waals surface area contributed by atoms with Gasteiger partial charge in [-0.25, -0.2) is 9.97 Å². The van der Waals surface area contributed by atoms with Crippen molar-refractivity contribution in [1.29, 1.82) is 0 Å². The first-order valence-electron chi connectivity index (χ1n) is 9.93. The fourth-order valence-corrected chi connectivity index (χ4v) is 4.45. The molecular formula is C23H22N4O4S. The number of aromatic hydroxyl groups is 1. The third kappa shape index (κ3) is 4.19. The number of azo groups is 1. The van der Waals surface area contributed by atoms with E-state index in [1.165, 1.54) is 24.8 Å². The maximum absolute atomic E-state index is 9.94. The number of methoxy groups -OCH3 is 2. The van der Waals surface area contributed by atoms with Crippen LogP contribution < -0.4 is 14.2 Å². The molecular weight excluding hydrogens is 428 g/mol. The highest BCUT2D eigenvalue weighted by molar-refractivity contribution is 7.23. The molecule has 0 aliphatic carbocycles. The third-order valence-electron chi connectivity index (χ3n) is 4.71. The Hall–Kier alpha value is -3.72. The van der Waals surface area contributed by atoms with Crippen LogP contribution in [0, 0.1) is 0 Å². The Morgan fingerprint density at radius 3 is 2.62 bits per heavy atom. The molecule has 4 rings (SSSR count). The maximum Gasteiger partial charge on any atom is 0.195 e. The average Bonchev–Trinajstić information content (AvgIpc) is 3.19. The second-order valence-corrected chi connectivity index (χ2v) is 7.69. The fourth-order valence-electron chi connectivity index (χ4n) is 3.27. The van der Waals surface area contributed by atoms with Crippen molar-refractivity contribution in [2.75, 3.05) is 20.8 Å². The highest BCUT2D eigenvalue weighted by atomic mass is 32.1. The van der Waals surface area contributed by atoms with E-state index in [0.717, 1.165) is 26.5 Å². The Labute approximate surface area is 189 Å². The number of para-hydroxylation sites is 1. The first-order chi connectivity index (χ1) is 15.7. The number of phenols is 1. The van der Waals surface area contributed by atoms with Crippen LogP contribution in [0.5, 0.6) is 23.0 Å². The van der Waals surface area contributed by atoms with E-state index in [-0.39, 0.29) is 12.3 Å². The Bertz CT molecular complexity index is 1270. The summed E-state index contributed by atoms with van der Waals surface area (Å²) in [6.07, 6.45) is 1.45. The highest BCUT2D eigenvalue weighted by Crippen LogP contribution is 2.48. The molecule has 0 atom stereocenters. The number of hydrogen-bond acceptors (Lipinski definition) is 9. The third-order valence-corrected chi connectivity index (χ3v) is 5.90. The first kappa shape index (κ1) is 21.5. The van der Waals surface area contributed by atoms with Crippen molar-refractivity contribution in [3.8, 4) is 33.4 Å². The lowest BCUT2D eigenvalue weighted by Gasteiger charge is -2.09. The summed E-state index contributed by atoms with van der Waals surface area (Å²) >= 11 is 1.48. The molecule has 0 aliphatic rings. The number of ether oxygens (including phenoxy) is 3. The second kappa shape index (κ2) is 9.61. The zero-order valence-corrected chi connectivity index (χ0v) is 18.7. The summed E-state index contributed by atoms with van der Waals surface area (Å²) in [7, 11) is 3.12. The van der Waals surface area contributed by atoms with Gasteiger partial charge < -0.3 is 19.3 Å². The number of rotatable bonds is 8. The first-order valence-corrected chi connectivity index (χ1v) is 10.7. The number of fused-ring (bicyclic) bond motifs is 1. The number of thiophene rings is 1. The summed E-state index contributed by atoms with van der Waals surface area (Å²) < 4.78 is 17.3. The van der Waals surface area contributed by atoms with Crippen molar-refractivity contribution < 1.29 is 19.3 Å². The molecule has 9 heteroatoms. The van der Waals surface area contributed by atoms with Gasteiger partial charge in [-0.05, 0) is 36.8 Å². The Kier molecular flexibility index (Phi) is 6.46. The topological polar surface area (TPSA) is 98.4 Å². The number of nitrogens with zero attached hydrogens (tertiary/aromatic N) is 4. The van der Waals surface area contributed by atoms with Gasteiger partial charge in [-0.1, -0.05) is 18.2 Å². The molecule has 8 nitrogen and oxygen atoms in total. The molecule has 0 saturated heterocycles. The molecule has 32 heavy (non-hydrogen) atoms. The number of benzene rings is 2. The van der Waals surface area contributed by atoms with Gasteiger partial charge in [0.1, 0.15) is 22.3 Å².